The van der Waals surface area contributed by atoms with E-state index in [0.717, 1.165) is 22.8 Å². The lowest BCUT2D eigenvalue weighted by atomic mass is 10.1. The van der Waals surface area contributed by atoms with Gasteiger partial charge >= 0.3 is 0 Å². The molecule has 2 aromatic carbocycles. The highest BCUT2D eigenvalue weighted by atomic mass is 35.5. The zero-order chi connectivity index (χ0) is 14.1. The van der Waals surface area contributed by atoms with Crippen LogP contribution in [0.1, 0.15) is 11.1 Å². The lowest BCUT2D eigenvalue weighted by Gasteiger charge is -2.10. The predicted octanol–water partition coefficient (Wildman–Crippen LogP) is 6.13. The molecule has 0 saturated heterocycles. The number of rotatable bonds is 3. The minimum Gasteiger partial charge on any atom is -0.380 e. The van der Waals surface area contributed by atoms with Gasteiger partial charge in [-0.2, -0.15) is 0 Å². The van der Waals surface area contributed by atoms with Crippen molar-refractivity contribution in [2.75, 3.05) is 5.32 Å². The average molecular weight is 322 g/mol. The second kappa shape index (κ2) is 5.65. The van der Waals surface area contributed by atoms with E-state index in [2.05, 4.69) is 35.0 Å². The highest BCUT2D eigenvalue weighted by Crippen LogP contribution is 2.31. The number of hydrogen-bond donors (Lipinski definition) is 1. The Kier molecular flexibility index (Phi) is 3.88. The van der Waals surface area contributed by atoms with Crippen LogP contribution in [-0.2, 0) is 6.54 Å². The number of anilines is 1. The number of halogens is 2. The fourth-order valence-corrected chi connectivity index (χ4v) is 3.55. The van der Waals surface area contributed by atoms with E-state index in [1.807, 2.05) is 19.1 Å². The highest BCUT2D eigenvalue weighted by Gasteiger charge is 2.07. The summed E-state index contributed by atoms with van der Waals surface area (Å²) in [6.45, 7) is 2.69. The average Bonchev–Trinajstić information content (AvgIpc) is 2.85. The Morgan fingerprint density at radius 1 is 1.10 bits per heavy atom. The Hall–Kier alpha value is -1.22. The molecule has 0 unspecified atom stereocenters. The van der Waals surface area contributed by atoms with Crippen molar-refractivity contribution in [3.05, 3.63) is 63.0 Å². The lowest BCUT2D eigenvalue weighted by Crippen LogP contribution is -1.99. The van der Waals surface area contributed by atoms with Crippen LogP contribution < -0.4 is 5.32 Å². The molecule has 1 heterocycles. The van der Waals surface area contributed by atoms with E-state index in [1.54, 1.807) is 11.3 Å². The molecule has 0 bridgehead atoms. The van der Waals surface area contributed by atoms with Crippen LogP contribution in [0.4, 0.5) is 5.69 Å². The maximum absolute atomic E-state index is 6.24. The fraction of sp³-hybridized carbons (Fsp3) is 0.125. The summed E-state index contributed by atoms with van der Waals surface area (Å²) in [6, 6.07) is 12.2. The predicted molar refractivity (Wildman–Crippen MR) is 90.4 cm³/mol. The van der Waals surface area contributed by atoms with Crippen LogP contribution >= 0.6 is 34.5 Å². The summed E-state index contributed by atoms with van der Waals surface area (Å²) in [5, 5.41) is 8.27. The zero-order valence-electron chi connectivity index (χ0n) is 10.9. The third-order valence-electron chi connectivity index (χ3n) is 3.28. The van der Waals surface area contributed by atoms with Crippen LogP contribution in [0.15, 0.2) is 41.8 Å². The third kappa shape index (κ3) is 2.64. The summed E-state index contributed by atoms with van der Waals surface area (Å²) in [6.07, 6.45) is 0. The Morgan fingerprint density at radius 3 is 2.75 bits per heavy atom. The number of hydrogen-bond acceptors (Lipinski definition) is 2. The number of aryl methyl sites for hydroxylation is 1. The largest absolute Gasteiger partial charge is 0.380 e. The molecule has 0 aliphatic carbocycles. The van der Waals surface area contributed by atoms with Gasteiger partial charge in [-0.25, -0.2) is 0 Å². The van der Waals surface area contributed by atoms with E-state index in [0.29, 0.717) is 5.02 Å². The molecule has 1 nitrogen and oxygen atoms in total. The Bertz CT molecular complexity index is 764. The summed E-state index contributed by atoms with van der Waals surface area (Å²) in [7, 11) is 0. The van der Waals surface area contributed by atoms with Crippen molar-refractivity contribution in [1.29, 1.82) is 0 Å². The van der Waals surface area contributed by atoms with E-state index >= 15 is 0 Å². The quantitative estimate of drug-likeness (QED) is 0.612. The van der Waals surface area contributed by atoms with Gasteiger partial charge in [-0.1, -0.05) is 41.4 Å². The van der Waals surface area contributed by atoms with Crippen molar-refractivity contribution in [2.24, 2.45) is 0 Å². The first-order valence-electron chi connectivity index (χ1n) is 6.30. The van der Waals surface area contributed by atoms with Gasteiger partial charge in [0.2, 0.25) is 0 Å². The van der Waals surface area contributed by atoms with Gasteiger partial charge in [0, 0.05) is 16.3 Å². The SMILES string of the molecule is Cc1cc(Cl)c(NCc2csc3ccccc23)cc1Cl. The molecule has 0 spiro atoms. The molecule has 0 atom stereocenters. The highest BCUT2D eigenvalue weighted by molar-refractivity contribution is 7.17. The Balaban J connectivity index is 1.85. The van der Waals surface area contributed by atoms with Crippen LogP contribution in [0.5, 0.6) is 0 Å². The van der Waals surface area contributed by atoms with Crippen LogP contribution in [-0.4, -0.2) is 0 Å². The van der Waals surface area contributed by atoms with Gasteiger partial charge in [0.1, 0.15) is 0 Å². The molecule has 20 heavy (non-hydrogen) atoms. The molecule has 0 amide bonds. The molecular weight excluding hydrogens is 309 g/mol. The van der Waals surface area contributed by atoms with Crippen molar-refractivity contribution < 1.29 is 0 Å². The monoisotopic (exact) mass is 321 g/mol. The van der Waals surface area contributed by atoms with Gasteiger partial charge in [0.05, 0.1) is 10.7 Å². The van der Waals surface area contributed by atoms with E-state index in [-0.39, 0.29) is 0 Å². The zero-order valence-corrected chi connectivity index (χ0v) is 13.2. The van der Waals surface area contributed by atoms with E-state index in [1.165, 1.54) is 15.6 Å². The van der Waals surface area contributed by atoms with Gasteiger partial charge in [-0.15, -0.1) is 11.3 Å². The Labute approximate surface area is 132 Å². The van der Waals surface area contributed by atoms with E-state index in [4.69, 9.17) is 23.2 Å². The molecule has 0 aliphatic rings. The number of benzene rings is 2. The van der Waals surface area contributed by atoms with Gasteiger partial charge in [0.25, 0.3) is 0 Å². The van der Waals surface area contributed by atoms with E-state index < -0.39 is 0 Å². The maximum atomic E-state index is 6.24. The molecule has 1 N–H and O–H groups in total. The molecular formula is C16H13Cl2NS. The molecule has 1 aromatic heterocycles. The normalized spacial score (nSPS) is 10.9. The molecule has 4 heteroatoms. The van der Waals surface area contributed by atoms with Crippen LogP contribution in [0, 0.1) is 6.92 Å². The molecule has 3 aromatic rings. The first-order chi connectivity index (χ1) is 9.65. The fourth-order valence-electron chi connectivity index (χ4n) is 2.14. The molecule has 3 rings (SSSR count). The van der Waals surface area contributed by atoms with Gasteiger partial charge < -0.3 is 5.32 Å². The molecule has 102 valence electrons. The van der Waals surface area contributed by atoms with Crippen molar-refractivity contribution in [3.8, 4) is 0 Å². The van der Waals surface area contributed by atoms with E-state index in [9.17, 15) is 0 Å². The Morgan fingerprint density at radius 2 is 1.90 bits per heavy atom. The van der Waals surface area contributed by atoms with Crippen molar-refractivity contribution in [2.45, 2.75) is 13.5 Å². The van der Waals surface area contributed by atoms with Crippen molar-refractivity contribution >= 4 is 50.3 Å². The summed E-state index contributed by atoms with van der Waals surface area (Å²) >= 11 is 14.1. The van der Waals surface area contributed by atoms with Crippen LogP contribution in [0.25, 0.3) is 10.1 Å². The number of thiophene rings is 1. The van der Waals surface area contributed by atoms with Crippen LogP contribution in [0.3, 0.4) is 0 Å². The standard InChI is InChI=1S/C16H13Cl2NS/c1-10-6-14(18)15(7-13(10)17)19-8-11-9-20-16-5-3-2-4-12(11)16/h2-7,9,19H,8H2,1H3. The first-order valence-corrected chi connectivity index (χ1v) is 7.93. The van der Waals surface area contributed by atoms with Crippen LogP contribution in [0.2, 0.25) is 10.0 Å². The lowest BCUT2D eigenvalue weighted by molar-refractivity contribution is 1.18. The molecule has 0 fully saturated rings. The number of nitrogens with one attached hydrogen (secondary N) is 1. The van der Waals surface area contributed by atoms with Gasteiger partial charge in [0.15, 0.2) is 0 Å². The third-order valence-corrected chi connectivity index (χ3v) is 5.01. The first kappa shape index (κ1) is 13.7. The summed E-state index contributed by atoms with van der Waals surface area (Å²) in [5.74, 6) is 0. The minimum atomic E-state index is 0.700. The summed E-state index contributed by atoms with van der Waals surface area (Å²) in [4.78, 5) is 0. The van der Waals surface area contributed by atoms with Gasteiger partial charge in [-0.3, -0.25) is 0 Å². The smallest absolute Gasteiger partial charge is 0.0641 e. The second-order valence-electron chi connectivity index (χ2n) is 4.69. The molecule has 0 saturated carbocycles. The van der Waals surface area contributed by atoms with Crippen molar-refractivity contribution in [1.82, 2.24) is 0 Å². The maximum Gasteiger partial charge on any atom is 0.0641 e. The number of fused-ring (bicyclic) bond motifs is 1. The van der Waals surface area contributed by atoms with Gasteiger partial charge in [-0.05, 0) is 47.0 Å². The molecule has 0 aliphatic heterocycles. The summed E-state index contributed by atoms with van der Waals surface area (Å²) < 4.78 is 1.30. The molecule has 0 radical (unpaired) electrons. The van der Waals surface area contributed by atoms with Crippen molar-refractivity contribution in [3.63, 3.8) is 0 Å². The minimum absolute atomic E-state index is 0.700. The summed E-state index contributed by atoms with van der Waals surface area (Å²) in [5.41, 5.74) is 3.14. The topological polar surface area (TPSA) is 12.0 Å². The second-order valence-corrected chi connectivity index (χ2v) is 6.42.